The van der Waals surface area contributed by atoms with Crippen molar-refractivity contribution in [1.82, 2.24) is 0 Å². The molecule has 1 rings (SSSR count). The highest BCUT2D eigenvalue weighted by Crippen LogP contribution is 2.27. The number of hydrogen-bond acceptors (Lipinski definition) is 2. The van der Waals surface area contributed by atoms with E-state index in [1.165, 1.54) is 18.2 Å². The molecule has 0 radical (unpaired) electrons. The molecule has 0 aliphatic heterocycles. The Morgan fingerprint density at radius 2 is 2.21 bits per heavy atom. The Morgan fingerprint density at radius 3 is 2.71 bits per heavy atom. The van der Waals surface area contributed by atoms with Gasteiger partial charge in [-0.3, -0.25) is 0 Å². The summed E-state index contributed by atoms with van der Waals surface area (Å²) in [6.07, 6.45) is -0.486. The summed E-state index contributed by atoms with van der Waals surface area (Å²) in [5.41, 5.74) is 5.70. The van der Waals surface area contributed by atoms with Gasteiger partial charge in [0, 0.05) is 16.6 Å². The minimum absolute atomic E-state index is 0.0866. The standard InChI is InChI=1S/C10H13ClFNO/c1-2-8(13)10(14)9-6(11)4-3-5-7(9)12/h3-5,8,10,14H,2,13H2,1H3/t8-,10-/m0/s1. The van der Waals surface area contributed by atoms with E-state index in [2.05, 4.69) is 0 Å². The molecule has 4 heteroatoms. The summed E-state index contributed by atoms with van der Waals surface area (Å²) in [7, 11) is 0. The molecule has 1 aromatic carbocycles. The Labute approximate surface area is 87.5 Å². The van der Waals surface area contributed by atoms with Crippen molar-refractivity contribution in [3.63, 3.8) is 0 Å². The molecule has 3 N–H and O–H groups in total. The fourth-order valence-electron chi connectivity index (χ4n) is 1.23. The fourth-order valence-corrected chi connectivity index (χ4v) is 1.51. The Kier molecular flexibility index (Phi) is 3.86. The van der Waals surface area contributed by atoms with Crippen LogP contribution < -0.4 is 5.73 Å². The Balaban J connectivity index is 3.05. The van der Waals surface area contributed by atoms with E-state index in [9.17, 15) is 9.50 Å². The van der Waals surface area contributed by atoms with Crippen LogP contribution in [0.4, 0.5) is 4.39 Å². The van der Waals surface area contributed by atoms with Crippen LogP contribution in [0.25, 0.3) is 0 Å². The van der Waals surface area contributed by atoms with Crippen molar-refractivity contribution in [2.24, 2.45) is 5.73 Å². The first-order chi connectivity index (χ1) is 6.57. The van der Waals surface area contributed by atoms with E-state index in [1.54, 1.807) is 0 Å². The van der Waals surface area contributed by atoms with Gasteiger partial charge in [0.15, 0.2) is 0 Å². The molecule has 0 bridgehead atoms. The molecule has 0 unspecified atom stereocenters. The first kappa shape index (κ1) is 11.4. The van der Waals surface area contributed by atoms with Crippen molar-refractivity contribution in [2.75, 3.05) is 0 Å². The maximum absolute atomic E-state index is 13.3. The summed E-state index contributed by atoms with van der Waals surface area (Å²) in [5, 5.41) is 9.91. The van der Waals surface area contributed by atoms with Crippen LogP contribution in [0.5, 0.6) is 0 Å². The first-order valence-corrected chi connectivity index (χ1v) is 4.83. The summed E-state index contributed by atoms with van der Waals surface area (Å²) in [5.74, 6) is -0.520. The van der Waals surface area contributed by atoms with Crippen LogP contribution in [0, 0.1) is 5.82 Å². The third kappa shape index (κ3) is 2.23. The smallest absolute Gasteiger partial charge is 0.130 e. The molecule has 2 atom stereocenters. The van der Waals surface area contributed by atoms with Crippen LogP contribution in [0.15, 0.2) is 18.2 Å². The van der Waals surface area contributed by atoms with Crippen LogP contribution in [0.2, 0.25) is 5.02 Å². The normalized spacial score (nSPS) is 15.2. The lowest BCUT2D eigenvalue weighted by Gasteiger charge is -2.19. The molecule has 14 heavy (non-hydrogen) atoms. The predicted molar refractivity (Wildman–Crippen MR) is 54.6 cm³/mol. The average Bonchev–Trinajstić information content (AvgIpc) is 2.16. The van der Waals surface area contributed by atoms with Gasteiger partial charge in [-0.05, 0) is 18.6 Å². The zero-order chi connectivity index (χ0) is 10.7. The molecule has 0 saturated carbocycles. The Bertz CT molecular complexity index is 299. The Morgan fingerprint density at radius 1 is 1.57 bits per heavy atom. The number of hydrogen-bond donors (Lipinski definition) is 2. The molecule has 0 spiro atoms. The lowest BCUT2D eigenvalue weighted by Crippen LogP contribution is -2.28. The molecule has 0 saturated heterocycles. The van der Waals surface area contributed by atoms with Gasteiger partial charge in [0.1, 0.15) is 5.82 Å². The van der Waals surface area contributed by atoms with Crippen LogP contribution in [0.3, 0.4) is 0 Å². The van der Waals surface area contributed by atoms with Gasteiger partial charge in [-0.2, -0.15) is 0 Å². The molecule has 0 aliphatic carbocycles. The topological polar surface area (TPSA) is 46.2 Å². The largest absolute Gasteiger partial charge is 0.387 e. The van der Waals surface area contributed by atoms with Gasteiger partial charge in [-0.1, -0.05) is 24.6 Å². The quantitative estimate of drug-likeness (QED) is 0.816. The number of nitrogens with two attached hydrogens (primary N) is 1. The van der Waals surface area contributed by atoms with E-state index < -0.39 is 18.0 Å². The summed E-state index contributed by atoms with van der Waals surface area (Å²) >= 11 is 5.77. The summed E-state index contributed by atoms with van der Waals surface area (Å²) in [6.45, 7) is 1.82. The highest BCUT2D eigenvalue weighted by molar-refractivity contribution is 6.31. The highest BCUT2D eigenvalue weighted by atomic mass is 35.5. The van der Waals surface area contributed by atoms with Crippen molar-refractivity contribution in [1.29, 1.82) is 0 Å². The van der Waals surface area contributed by atoms with Crippen LogP contribution >= 0.6 is 11.6 Å². The number of aliphatic hydroxyl groups is 1. The summed E-state index contributed by atoms with van der Waals surface area (Å²) < 4.78 is 13.3. The Hall–Kier alpha value is -0.640. The molecule has 0 aromatic heterocycles. The van der Waals surface area contributed by atoms with Crippen molar-refractivity contribution >= 4 is 11.6 Å². The number of halogens is 2. The maximum Gasteiger partial charge on any atom is 0.130 e. The first-order valence-electron chi connectivity index (χ1n) is 4.45. The third-order valence-electron chi connectivity index (χ3n) is 2.17. The van der Waals surface area contributed by atoms with Gasteiger partial charge in [0.05, 0.1) is 6.10 Å². The van der Waals surface area contributed by atoms with Crippen LogP contribution in [-0.4, -0.2) is 11.1 Å². The zero-order valence-electron chi connectivity index (χ0n) is 7.87. The van der Waals surface area contributed by atoms with Crippen LogP contribution in [-0.2, 0) is 0 Å². The number of rotatable bonds is 3. The second-order valence-corrected chi connectivity index (χ2v) is 3.56. The van der Waals surface area contributed by atoms with Gasteiger partial charge >= 0.3 is 0 Å². The molecule has 0 fully saturated rings. The SMILES string of the molecule is CC[C@H](N)[C@H](O)c1c(F)cccc1Cl. The minimum Gasteiger partial charge on any atom is -0.387 e. The van der Waals surface area contributed by atoms with Gasteiger partial charge in [-0.15, -0.1) is 0 Å². The lowest BCUT2D eigenvalue weighted by molar-refractivity contribution is 0.140. The van der Waals surface area contributed by atoms with E-state index in [4.69, 9.17) is 17.3 Å². The van der Waals surface area contributed by atoms with Gasteiger partial charge in [-0.25, -0.2) is 4.39 Å². The van der Waals surface area contributed by atoms with Gasteiger partial charge in [0.25, 0.3) is 0 Å². The minimum atomic E-state index is -1.05. The van der Waals surface area contributed by atoms with Crippen LogP contribution in [0.1, 0.15) is 25.0 Å². The van der Waals surface area contributed by atoms with Crippen molar-refractivity contribution in [3.05, 3.63) is 34.6 Å². The fraction of sp³-hybridized carbons (Fsp3) is 0.400. The van der Waals surface area contributed by atoms with E-state index in [0.717, 1.165) is 0 Å². The van der Waals surface area contributed by atoms with Crippen molar-refractivity contribution in [2.45, 2.75) is 25.5 Å². The van der Waals surface area contributed by atoms with E-state index in [-0.39, 0.29) is 10.6 Å². The zero-order valence-corrected chi connectivity index (χ0v) is 8.63. The molecule has 78 valence electrons. The predicted octanol–water partition coefficient (Wildman–Crippen LogP) is 2.25. The van der Waals surface area contributed by atoms with Crippen molar-refractivity contribution < 1.29 is 9.50 Å². The summed E-state index contributed by atoms with van der Waals surface area (Å²) in [4.78, 5) is 0. The van der Waals surface area contributed by atoms with E-state index in [1.807, 2.05) is 6.92 Å². The van der Waals surface area contributed by atoms with Gasteiger partial charge in [0.2, 0.25) is 0 Å². The summed E-state index contributed by atoms with van der Waals surface area (Å²) in [6, 6.07) is 3.79. The highest BCUT2D eigenvalue weighted by Gasteiger charge is 2.21. The third-order valence-corrected chi connectivity index (χ3v) is 2.50. The second-order valence-electron chi connectivity index (χ2n) is 3.15. The molecule has 1 aromatic rings. The maximum atomic E-state index is 13.3. The number of benzene rings is 1. The van der Waals surface area contributed by atoms with Gasteiger partial charge < -0.3 is 10.8 Å². The molecular formula is C10H13ClFNO. The molecule has 0 amide bonds. The van der Waals surface area contributed by atoms with E-state index in [0.29, 0.717) is 6.42 Å². The molecule has 2 nitrogen and oxygen atoms in total. The lowest BCUT2D eigenvalue weighted by atomic mass is 10.0. The molecule has 0 heterocycles. The number of aliphatic hydroxyl groups excluding tert-OH is 1. The molecule has 0 aliphatic rings. The second kappa shape index (κ2) is 4.73. The van der Waals surface area contributed by atoms with Crippen molar-refractivity contribution in [3.8, 4) is 0 Å². The monoisotopic (exact) mass is 217 g/mol. The average molecular weight is 218 g/mol. The van der Waals surface area contributed by atoms with E-state index >= 15 is 0 Å². The molecular weight excluding hydrogens is 205 g/mol.